The van der Waals surface area contributed by atoms with Crippen molar-refractivity contribution in [1.82, 2.24) is 4.98 Å². The minimum Gasteiger partial charge on any atom is -0.358 e. The molecule has 0 aliphatic carbocycles. The predicted octanol–water partition coefficient (Wildman–Crippen LogP) is 1.14. The topological polar surface area (TPSA) is 82.0 Å². The highest BCUT2D eigenvalue weighted by Gasteiger charge is 2.10. The van der Waals surface area contributed by atoms with Crippen LogP contribution in [0.1, 0.15) is 5.56 Å². The van der Waals surface area contributed by atoms with Crippen LogP contribution in [0.3, 0.4) is 0 Å². The van der Waals surface area contributed by atoms with Gasteiger partial charge in [0.05, 0.1) is 0 Å². The number of nitrogens with zero attached hydrogens (tertiary/aromatic N) is 2. The van der Waals surface area contributed by atoms with Crippen LogP contribution < -0.4 is 5.73 Å². The lowest BCUT2D eigenvalue weighted by Gasteiger charge is -1.97. The average Bonchev–Trinajstić information content (AvgIpc) is 2.03. The first kappa shape index (κ1) is 9.88. The zero-order valence-electron chi connectivity index (χ0n) is 6.74. The largest absolute Gasteiger partial charge is 0.365 e. The third-order valence-electron chi connectivity index (χ3n) is 1.46. The summed E-state index contributed by atoms with van der Waals surface area (Å²) in [4.78, 5) is 13.3. The summed E-state index contributed by atoms with van der Waals surface area (Å²) in [6, 6.07) is 2.94. The summed E-state index contributed by atoms with van der Waals surface area (Å²) < 4.78 is 0. The fraction of sp³-hybridized carbons (Fsp3) is 0.286. The number of pyridine rings is 1. The second-order valence-electron chi connectivity index (χ2n) is 2.45. The van der Waals surface area contributed by atoms with E-state index in [1.807, 2.05) is 0 Å². The summed E-state index contributed by atoms with van der Waals surface area (Å²) in [5.74, 6) is -0.240. The molecule has 1 heterocycles. The van der Waals surface area contributed by atoms with Crippen LogP contribution in [0.15, 0.2) is 12.1 Å². The monoisotopic (exact) mass is 201 g/mol. The number of rotatable bonds is 3. The Morgan fingerprint density at radius 2 is 2.31 bits per heavy atom. The molecule has 0 saturated carbocycles. The van der Waals surface area contributed by atoms with E-state index < -0.39 is 4.92 Å². The van der Waals surface area contributed by atoms with E-state index in [4.69, 9.17) is 17.3 Å². The standard InChI is InChI=1S/C7H8ClN3O2/c8-6-3-5(1-2-9)4-7(10-6)11(12)13/h3-4H,1-2,9H2. The number of nitro groups is 1. The Labute approximate surface area is 79.7 Å². The zero-order valence-corrected chi connectivity index (χ0v) is 7.49. The molecule has 0 unspecified atom stereocenters. The molecule has 13 heavy (non-hydrogen) atoms. The Kier molecular flexibility index (Phi) is 3.16. The van der Waals surface area contributed by atoms with Crippen LogP contribution in [0.4, 0.5) is 5.82 Å². The number of hydrogen-bond acceptors (Lipinski definition) is 4. The minimum atomic E-state index is -0.577. The highest BCUT2D eigenvalue weighted by Crippen LogP contribution is 2.16. The van der Waals surface area contributed by atoms with Crippen LogP contribution in [0.2, 0.25) is 5.15 Å². The quantitative estimate of drug-likeness (QED) is 0.452. The van der Waals surface area contributed by atoms with Crippen LogP contribution in [-0.4, -0.2) is 16.5 Å². The Morgan fingerprint density at radius 1 is 1.62 bits per heavy atom. The highest BCUT2D eigenvalue weighted by atomic mass is 35.5. The van der Waals surface area contributed by atoms with Crippen molar-refractivity contribution < 1.29 is 4.92 Å². The number of nitrogens with two attached hydrogens (primary N) is 1. The van der Waals surface area contributed by atoms with E-state index in [-0.39, 0.29) is 11.0 Å². The molecule has 1 aromatic rings. The van der Waals surface area contributed by atoms with E-state index >= 15 is 0 Å². The first-order valence-corrected chi connectivity index (χ1v) is 4.02. The van der Waals surface area contributed by atoms with Gasteiger partial charge in [-0.3, -0.25) is 0 Å². The molecule has 0 spiro atoms. The van der Waals surface area contributed by atoms with Gasteiger partial charge in [0.25, 0.3) is 0 Å². The lowest BCUT2D eigenvalue weighted by Crippen LogP contribution is -2.03. The Morgan fingerprint density at radius 3 is 2.85 bits per heavy atom. The second-order valence-corrected chi connectivity index (χ2v) is 2.84. The van der Waals surface area contributed by atoms with Gasteiger partial charge in [-0.15, -0.1) is 0 Å². The van der Waals surface area contributed by atoms with Crippen LogP contribution in [-0.2, 0) is 6.42 Å². The maximum atomic E-state index is 10.4. The number of hydrogen-bond donors (Lipinski definition) is 1. The van der Waals surface area contributed by atoms with Crippen molar-refractivity contribution in [3.63, 3.8) is 0 Å². The summed E-state index contributed by atoms with van der Waals surface area (Å²) in [6.45, 7) is 0.428. The predicted molar refractivity (Wildman–Crippen MR) is 48.7 cm³/mol. The van der Waals surface area contributed by atoms with Crippen LogP contribution in [0.5, 0.6) is 0 Å². The van der Waals surface area contributed by atoms with E-state index in [1.165, 1.54) is 6.07 Å². The molecule has 0 fully saturated rings. The molecule has 0 bridgehead atoms. The molecule has 2 N–H and O–H groups in total. The molecular formula is C7H8ClN3O2. The molecule has 5 nitrogen and oxygen atoms in total. The second kappa shape index (κ2) is 4.15. The van der Waals surface area contributed by atoms with Gasteiger partial charge in [0.2, 0.25) is 5.15 Å². The summed E-state index contributed by atoms with van der Waals surface area (Å²) in [5, 5.41) is 10.5. The van der Waals surface area contributed by atoms with Crippen molar-refractivity contribution >= 4 is 17.4 Å². The fourth-order valence-electron chi connectivity index (χ4n) is 0.939. The van der Waals surface area contributed by atoms with E-state index in [2.05, 4.69) is 4.98 Å². The zero-order chi connectivity index (χ0) is 9.84. The van der Waals surface area contributed by atoms with Gasteiger partial charge < -0.3 is 15.8 Å². The molecule has 0 atom stereocenters. The van der Waals surface area contributed by atoms with Gasteiger partial charge >= 0.3 is 5.82 Å². The first-order valence-electron chi connectivity index (χ1n) is 3.64. The normalized spacial score (nSPS) is 10.0. The molecule has 1 aromatic heterocycles. The molecule has 0 amide bonds. The van der Waals surface area contributed by atoms with E-state index in [1.54, 1.807) is 6.07 Å². The van der Waals surface area contributed by atoms with E-state index in [0.717, 1.165) is 5.56 Å². The van der Waals surface area contributed by atoms with Crippen molar-refractivity contribution in [2.75, 3.05) is 6.54 Å². The van der Waals surface area contributed by atoms with Crippen LogP contribution in [0, 0.1) is 10.1 Å². The van der Waals surface area contributed by atoms with Gasteiger partial charge in [-0.2, -0.15) is 0 Å². The van der Waals surface area contributed by atoms with E-state index in [0.29, 0.717) is 13.0 Å². The minimum absolute atomic E-state index is 0.123. The summed E-state index contributed by atoms with van der Waals surface area (Å²) in [5.41, 5.74) is 6.03. The van der Waals surface area contributed by atoms with Crippen molar-refractivity contribution in [2.45, 2.75) is 6.42 Å². The van der Waals surface area contributed by atoms with Gasteiger partial charge in [-0.05, 0) is 40.0 Å². The maximum Gasteiger partial charge on any atom is 0.365 e. The molecule has 0 radical (unpaired) electrons. The van der Waals surface area contributed by atoms with Crippen LogP contribution in [0.25, 0.3) is 0 Å². The Bertz CT molecular complexity index is 330. The van der Waals surface area contributed by atoms with Gasteiger partial charge in [0.1, 0.15) is 0 Å². The maximum absolute atomic E-state index is 10.4. The Hall–Kier alpha value is -1.20. The number of halogens is 1. The van der Waals surface area contributed by atoms with Gasteiger partial charge in [0.15, 0.2) is 0 Å². The summed E-state index contributed by atoms with van der Waals surface area (Å²) in [7, 11) is 0. The smallest absolute Gasteiger partial charge is 0.358 e. The molecule has 6 heteroatoms. The molecular weight excluding hydrogens is 194 g/mol. The highest BCUT2D eigenvalue weighted by molar-refractivity contribution is 6.29. The van der Waals surface area contributed by atoms with Gasteiger partial charge in [-0.1, -0.05) is 0 Å². The molecule has 0 aromatic carbocycles. The molecule has 0 aliphatic heterocycles. The first-order chi connectivity index (χ1) is 6.13. The van der Waals surface area contributed by atoms with Gasteiger partial charge in [-0.25, -0.2) is 0 Å². The lowest BCUT2D eigenvalue weighted by atomic mass is 10.2. The fourth-order valence-corrected chi connectivity index (χ4v) is 1.17. The van der Waals surface area contributed by atoms with Gasteiger partial charge in [0, 0.05) is 12.1 Å². The van der Waals surface area contributed by atoms with Crippen LogP contribution >= 0.6 is 11.6 Å². The molecule has 1 rings (SSSR count). The third-order valence-corrected chi connectivity index (χ3v) is 1.65. The van der Waals surface area contributed by atoms with Crippen molar-refractivity contribution in [3.8, 4) is 0 Å². The molecule has 0 aliphatic rings. The molecule has 0 saturated heterocycles. The lowest BCUT2D eigenvalue weighted by molar-refractivity contribution is -0.389. The van der Waals surface area contributed by atoms with E-state index in [9.17, 15) is 10.1 Å². The Balaban J connectivity index is 3.03. The third kappa shape index (κ3) is 2.64. The number of aromatic nitrogens is 1. The molecule has 70 valence electrons. The van der Waals surface area contributed by atoms with Crippen molar-refractivity contribution in [3.05, 3.63) is 33.0 Å². The van der Waals surface area contributed by atoms with Crippen molar-refractivity contribution in [2.24, 2.45) is 5.73 Å². The summed E-state index contributed by atoms with van der Waals surface area (Å²) in [6.07, 6.45) is 0.559. The SMILES string of the molecule is NCCc1cc(Cl)nc([N+](=O)[O-])c1. The van der Waals surface area contributed by atoms with Crippen molar-refractivity contribution in [1.29, 1.82) is 0 Å². The average molecular weight is 202 g/mol. The summed E-state index contributed by atoms with van der Waals surface area (Å²) >= 11 is 5.57.